The molecule has 0 aliphatic carbocycles. The van der Waals surface area contributed by atoms with Crippen molar-refractivity contribution in [3.63, 3.8) is 0 Å². The van der Waals surface area contributed by atoms with Crippen molar-refractivity contribution in [3.05, 3.63) is 47.9 Å². The lowest BCUT2D eigenvalue weighted by Crippen LogP contribution is -2.31. The second-order valence-corrected chi connectivity index (χ2v) is 4.35. The Kier molecular flexibility index (Phi) is 4.55. The molecule has 2 aromatic rings. The molecule has 3 N–H and O–H groups in total. The smallest absolute Gasteiger partial charge is 0.325 e. The number of nitrogens with one attached hydrogen (secondary N) is 1. The summed E-state index contributed by atoms with van der Waals surface area (Å²) in [6.07, 6.45) is 1.50. The zero-order valence-corrected chi connectivity index (χ0v) is 11.6. The van der Waals surface area contributed by atoms with Crippen molar-refractivity contribution in [2.45, 2.75) is 6.54 Å². The van der Waals surface area contributed by atoms with Gasteiger partial charge in [-0.15, -0.1) is 0 Å². The number of benzene rings is 1. The SMILES string of the molecule is COC(=O)CNC(=O)c1ncn(Cc2ccccc2)c1N. The van der Waals surface area contributed by atoms with E-state index in [0.717, 1.165) is 5.56 Å². The highest BCUT2D eigenvalue weighted by molar-refractivity contribution is 5.98. The lowest BCUT2D eigenvalue weighted by molar-refractivity contribution is -0.139. The van der Waals surface area contributed by atoms with Crippen LogP contribution in [0, 0.1) is 0 Å². The number of carbonyl (C=O) groups excluding carboxylic acids is 2. The number of amides is 1. The Morgan fingerprint density at radius 1 is 1.33 bits per heavy atom. The number of imidazole rings is 1. The maximum absolute atomic E-state index is 11.9. The van der Waals surface area contributed by atoms with Crippen LogP contribution in [0.15, 0.2) is 36.7 Å². The van der Waals surface area contributed by atoms with Crippen LogP contribution in [0.3, 0.4) is 0 Å². The maximum atomic E-state index is 11.9. The summed E-state index contributed by atoms with van der Waals surface area (Å²) >= 11 is 0. The fraction of sp³-hybridized carbons (Fsp3) is 0.214. The second kappa shape index (κ2) is 6.56. The number of aromatic nitrogens is 2. The third-order valence-corrected chi connectivity index (χ3v) is 2.91. The standard InChI is InChI=1S/C14H16N4O3/c1-21-11(19)7-16-14(20)12-13(15)18(9-17-12)8-10-5-3-2-4-6-10/h2-6,9H,7-8,15H2,1H3,(H,16,20). The highest BCUT2D eigenvalue weighted by Crippen LogP contribution is 2.12. The van der Waals surface area contributed by atoms with Gasteiger partial charge in [0.1, 0.15) is 12.4 Å². The predicted octanol–water partition coefficient (Wildman–Crippen LogP) is 0.416. The van der Waals surface area contributed by atoms with Crippen molar-refractivity contribution >= 4 is 17.7 Å². The Labute approximate surface area is 121 Å². The normalized spacial score (nSPS) is 10.1. The highest BCUT2D eigenvalue weighted by Gasteiger charge is 2.16. The first-order chi connectivity index (χ1) is 10.1. The van der Waals surface area contributed by atoms with Crippen LogP contribution in [0.1, 0.15) is 16.1 Å². The van der Waals surface area contributed by atoms with Gasteiger partial charge in [0.15, 0.2) is 5.69 Å². The second-order valence-electron chi connectivity index (χ2n) is 4.35. The minimum Gasteiger partial charge on any atom is -0.468 e. The Morgan fingerprint density at radius 2 is 2.05 bits per heavy atom. The molecule has 0 atom stereocenters. The van der Waals surface area contributed by atoms with Crippen molar-refractivity contribution in [2.75, 3.05) is 19.4 Å². The number of hydrogen-bond donors (Lipinski definition) is 2. The van der Waals surface area contributed by atoms with E-state index >= 15 is 0 Å². The molecule has 7 nitrogen and oxygen atoms in total. The Bertz CT molecular complexity index is 637. The largest absolute Gasteiger partial charge is 0.468 e. The van der Waals surface area contributed by atoms with E-state index in [1.54, 1.807) is 4.57 Å². The minimum absolute atomic E-state index is 0.0924. The van der Waals surface area contributed by atoms with Gasteiger partial charge in [-0.2, -0.15) is 0 Å². The van der Waals surface area contributed by atoms with Gasteiger partial charge in [0.05, 0.1) is 20.0 Å². The molecule has 110 valence electrons. The summed E-state index contributed by atoms with van der Waals surface area (Å²) in [5, 5.41) is 2.40. The number of nitrogen functional groups attached to an aromatic ring is 1. The summed E-state index contributed by atoms with van der Waals surface area (Å²) in [6.45, 7) is 0.296. The van der Waals surface area contributed by atoms with Crippen molar-refractivity contribution in [2.24, 2.45) is 0 Å². The summed E-state index contributed by atoms with van der Waals surface area (Å²) < 4.78 is 6.11. The molecule has 1 aromatic carbocycles. The van der Waals surface area contributed by atoms with Gasteiger partial charge in [-0.3, -0.25) is 9.59 Å². The van der Waals surface area contributed by atoms with Crippen LogP contribution < -0.4 is 11.1 Å². The average Bonchev–Trinajstić information content (AvgIpc) is 2.86. The van der Waals surface area contributed by atoms with E-state index in [4.69, 9.17) is 5.73 Å². The number of nitrogens with zero attached hydrogens (tertiary/aromatic N) is 2. The van der Waals surface area contributed by atoms with E-state index < -0.39 is 11.9 Å². The van der Waals surface area contributed by atoms with Crippen LogP contribution in [0.25, 0.3) is 0 Å². The first kappa shape index (κ1) is 14.6. The first-order valence-electron chi connectivity index (χ1n) is 6.31. The first-order valence-corrected chi connectivity index (χ1v) is 6.31. The molecule has 0 radical (unpaired) electrons. The molecule has 0 bridgehead atoms. The maximum Gasteiger partial charge on any atom is 0.325 e. The highest BCUT2D eigenvalue weighted by atomic mass is 16.5. The summed E-state index contributed by atoms with van der Waals surface area (Å²) in [5.74, 6) is -0.795. The van der Waals surface area contributed by atoms with Crippen molar-refractivity contribution < 1.29 is 14.3 Å². The van der Waals surface area contributed by atoms with E-state index in [-0.39, 0.29) is 18.1 Å². The molecule has 7 heteroatoms. The fourth-order valence-corrected chi connectivity index (χ4v) is 1.78. The van der Waals surface area contributed by atoms with E-state index in [1.807, 2.05) is 30.3 Å². The number of methoxy groups -OCH3 is 1. The molecule has 0 fully saturated rings. The minimum atomic E-state index is -0.536. The third kappa shape index (κ3) is 3.59. The van der Waals surface area contributed by atoms with E-state index in [0.29, 0.717) is 6.54 Å². The van der Waals surface area contributed by atoms with Gasteiger partial charge in [0, 0.05) is 0 Å². The molecular weight excluding hydrogens is 272 g/mol. The molecule has 0 saturated carbocycles. The Balaban J connectivity index is 2.06. The number of esters is 1. The van der Waals surface area contributed by atoms with Gasteiger partial charge in [0.25, 0.3) is 5.91 Å². The molecule has 1 aromatic heterocycles. The molecule has 0 unspecified atom stereocenters. The fourth-order valence-electron chi connectivity index (χ4n) is 1.78. The summed E-state index contributed by atoms with van der Waals surface area (Å²) in [5.41, 5.74) is 7.05. The third-order valence-electron chi connectivity index (χ3n) is 2.91. The van der Waals surface area contributed by atoms with Crippen LogP contribution in [-0.2, 0) is 16.1 Å². The number of nitrogens with two attached hydrogens (primary N) is 1. The van der Waals surface area contributed by atoms with Gasteiger partial charge in [-0.1, -0.05) is 30.3 Å². The van der Waals surface area contributed by atoms with Crippen LogP contribution in [0.2, 0.25) is 0 Å². The van der Waals surface area contributed by atoms with Gasteiger partial charge in [0.2, 0.25) is 0 Å². The van der Waals surface area contributed by atoms with Gasteiger partial charge in [-0.05, 0) is 5.56 Å². The van der Waals surface area contributed by atoms with Crippen molar-refractivity contribution in [1.29, 1.82) is 0 Å². The number of ether oxygens (including phenoxy) is 1. The Hall–Kier alpha value is -2.83. The van der Waals surface area contributed by atoms with Crippen molar-refractivity contribution in [1.82, 2.24) is 14.9 Å². The van der Waals surface area contributed by atoms with Crippen LogP contribution >= 0.6 is 0 Å². The molecule has 0 spiro atoms. The molecule has 1 heterocycles. The quantitative estimate of drug-likeness (QED) is 0.777. The molecule has 2 rings (SSSR count). The number of hydrogen-bond acceptors (Lipinski definition) is 5. The van der Waals surface area contributed by atoms with Crippen LogP contribution in [-0.4, -0.2) is 35.1 Å². The van der Waals surface area contributed by atoms with E-state index in [2.05, 4.69) is 15.0 Å². The Morgan fingerprint density at radius 3 is 2.71 bits per heavy atom. The van der Waals surface area contributed by atoms with Crippen molar-refractivity contribution in [3.8, 4) is 0 Å². The number of carbonyl (C=O) groups is 2. The summed E-state index contributed by atoms with van der Waals surface area (Å²) in [7, 11) is 1.25. The summed E-state index contributed by atoms with van der Waals surface area (Å²) in [6, 6.07) is 9.68. The lowest BCUT2D eigenvalue weighted by Gasteiger charge is -2.06. The molecule has 21 heavy (non-hydrogen) atoms. The monoisotopic (exact) mass is 288 g/mol. The van der Waals surface area contributed by atoms with E-state index in [1.165, 1.54) is 13.4 Å². The molecule has 0 aliphatic heterocycles. The van der Waals surface area contributed by atoms with Crippen LogP contribution in [0.4, 0.5) is 5.82 Å². The van der Waals surface area contributed by atoms with E-state index in [9.17, 15) is 9.59 Å². The molecule has 0 aliphatic rings. The molecule has 0 saturated heterocycles. The zero-order chi connectivity index (χ0) is 15.2. The lowest BCUT2D eigenvalue weighted by atomic mass is 10.2. The predicted molar refractivity (Wildman–Crippen MR) is 76.5 cm³/mol. The molecule has 1 amide bonds. The van der Waals surface area contributed by atoms with Gasteiger partial charge < -0.3 is 20.4 Å². The topological polar surface area (TPSA) is 99.2 Å². The van der Waals surface area contributed by atoms with Crippen LogP contribution in [0.5, 0.6) is 0 Å². The van der Waals surface area contributed by atoms with Gasteiger partial charge >= 0.3 is 5.97 Å². The number of anilines is 1. The van der Waals surface area contributed by atoms with Gasteiger partial charge in [-0.25, -0.2) is 4.98 Å². The average molecular weight is 288 g/mol. The molecular formula is C14H16N4O3. The number of rotatable bonds is 5. The zero-order valence-electron chi connectivity index (χ0n) is 11.6. The summed E-state index contributed by atoms with van der Waals surface area (Å²) in [4.78, 5) is 26.9.